The zero-order chi connectivity index (χ0) is 25.8. The Balaban J connectivity index is 1.15. The molecule has 0 bridgehead atoms. The van der Waals surface area contributed by atoms with Gasteiger partial charge in [0.25, 0.3) is 0 Å². The van der Waals surface area contributed by atoms with E-state index >= 15 is 0 Å². The molecule has 0 unspecified atom stereocenters. The lowest BCUT2D eigenvalue weighted by Gasteiger charge is -2.11. The van der Waals surface area contributed by atoms with E-state index in [0.29, 0.717) is 0 Å². The minimum absolute atomic E-state index is 0.918. The molecule has 0 atom stereocenters. The van der Waals surface area contributed by atoms with E-state index in [1.807, 2.05) is 12.1 Å². The van der Waals surface area contributed by atoms with E-state index in [2.05, 4.69) is 137 Å². The smallest absolute Gasteiger partial charge is 0.135 e. The topological polar surface area (TPSA) is 30.1 Å². The van der Waals surface area contributed by atoms with Crippen molar-refractivity contribution in [2.45, 2.75) is 0 Å². The van der Waals surface area contributed by atoms with Gasteiger partial charge in [0, 0.05) is 38.6 Å². The second-order valence-electron chi connectivity index (χ2n) is 9.93. The summed E-state index contributed by atoms with van der Waals surface area (Å²) in [5.74, 6) is 0. The highest BCUT2D eigenvalue weighted by Gasteiger charge is 2.13. The van der Waals surface area contributed by atoms with E-state index in [1.165, 1.54) is 32.9 Å². The van der Waals surface area contributed by atoms with Crippen LogP contribution in [-0.2, 0) is 0 Å². The average Bonchev–Trinajstić information content (AvgIpc) is 3.53. The van der Waals surface area contributed by atoms with Gasteiger partial charge in [-0.3, -0.25) is 0 Å². The highest BCUT2D eigenvalue weighted by atomic mass is 16.3. The molecule has 0 spiro atoms. The van der Waals surface area contributed by atoms with Gasteiger partial charge in [0.1, 0.15) is 11.2 Å². The van der Waals surface area contributed by atoms with Crippen molar-refractivity contribution in [3.63, 3.8) is 0 Å². The van der Waals surface area contributed by atoms with Gasteiger partial charge in [0.2, 0.25) is 0 Å². The van der Waals surface area contributed by atoms with Crippen LogP contribution in [0.1, 0.15) is 0 Å². The summed E-state index contributed by atoms with van der Waals surface area (Å²) >= 11 is 0. The number of para-hydroxylation sites is 3. The average molecular weight is 501 g/mol. The lowest BCUT2D eigenvalue weighted by atomic mass is 10.0. The van der Waals surface area contributed by atoms with Crippen LogP contribution in [0.4, 0.5) is 11.4 Å². The van der Waals surface area contributed by atoms with Crippen molar-refractivity contribution in [1.82, 2.24) is 4.57 Å². The Morgan fingerprint density at radius 2 is 1.10 bits per heavy atom. The number of hydrogen-bond donors (Lipinski definition) is 1. The molecule has 0 aliphatic heterocycles. The van der Waals surface area contributed by atoms with Crippen LogP contribution in [0.25, 0.3) is 60.6 Å². The fourth-order valence-corrected chi connectivity index (χ4v) is 5.72. The highest BCUT2D eigenvalue weighted by molar-refractivity contribution is 6.10. The van der Waals surface area contributed by atoms with Gasteiger partial charge in [-0.05, 0) is 71.8 Å². The monoisotopic (exact) mass is 500 g/mol. The Labute approximate surface area is 225 Å². The molecule has 6 aromatic carbocycles. The van der Waals surface area contributed by atoms with E-state index in [4.69, 9.17) is 4.42 Å². The summed E-state index contributed by atoms with van der Waals surface area (Å²) in [5, 5.41) is 8.42. The second-order valence-corrected chi connectivity index (χ2v) is 9.93. The van der Waals surface area contributed by atoms with Gasteiger partial charge in [0.05, 0.1) is 11.0 Å². The Hall–Kier alpha value is -5.28. The lowest BCUT2D eigenvalue weighted by molar-refractivity contribution is 0.669. The molecule has 0 fully saturated rings. The number of fused-ring (bicyclic) bond motifs is 6. The van der Waals surface area contributed by atoms with Gasteiger partial charge < -0.3 is 14.3 Å². The molecule has 184 valence electrons. The predicted octanol–water partition coefficient (Wildman–Crippen LogP) is 10.1. The third-order valence-corrected chi connectivity index (χ3v) is 7.57. The van der Waals surface area contributed by atoms with Crippen LogP contribution >= 0.6 is 0 Å². The van der Waals surface area contributed by atoms with Gasteiger partial charge in [0.15, 0.2) is 0 Å². The van der Waals surface area contributed by atoms with Gasteiger partial charge in [-0.1, -0.05) is 78.9 Å². The lowest BCUT2D eigenvalue weighted by Crippen LogP contribution is -1.94. The summed E-state index contributed by atoms with van der Waals surface area (Å²) in [6, 6.07) is 49.0. The first-order valence-corrected chi connectivity index (χ1v) is 13.2. The summed E-state index contributed by atoms with van der Waals surface area (Å²) in [7, 11) is 0. The van der Waals surface area contributed by atoms with Crippen molar-refractivity contribution in [3.05, 3.63) is 140 Å². The molecule has 2 heterocycles. The van der Waals surface area contributed by atoms with E-state index in [9.17, 15) is 0 Å². The number of rotatable bonds is 4. The first-order valence-electron chi connectivity index (χ1n) is 13.2. The molecule has 0 saturated heterocycles. The fourth-order valence-electron chi connectivity index (χ4n) is 5.72. The number of anilines is 2. The largest absolute Gasteiger partial charge is 0.456 e. The molecule has 8 aromatic rings. The summed E-state index contributed by atoms with van der Waals surface area (Å²) < 4.78 is 8.35. The normalized spacial score (nSPS) is 11.6. The van der Waals surface area contributed by atoms with Crippen LogP contribution in [0.3, 0.4) is 0 Å². The number of nitrogens with zero attached hydrogens (tertiary/aromatic N) is 1. The Kier molecular flexibility index (Phi) is 4.82. The van der Waals surface area contributed by atoms with Crippen LogP contribution in [0.15, 0.2) is 144 Å². The number of aromatic nitrogens is 1. The van der Waals surface area contributed by atoms with Crippen molar-refractivity contribution in [3.8, 4) is 16.8 Å². The zero-order valence-corrected chi connectivity index (χ0v) is 21.1. The molecule has 0 aliphatic carbocycles. The van der Waals surface area contributed by atoms with Crippen molar-refractivity contribution < 1.29 is 4.42 Å². The van der Waals surface area contributed by atoms with Gasteiger partial charge in [-0.25, -0.2) is 0 Å². The predicted molar refractivity (Wildman–Crippen MR) is 163 cm³/mol. The van der Waals surface area contributed by atoms with Crippen molar-refractivity contribution in [1.29, 1.82) is 0 Å². The summed E-state index contributed by atoms with van der Waals surface area (Å²) in [5.41, 5.74) is 9.85. The van der Waals surface area contributed by atoms with E-state index < -0.39 is 0 Å². The third-order valence-electron chi connectivity index (χ3n) is 7.57. The minimum atomic E-state index is 0.918. The van der Waals surface area contributed by atoms with Crippen LogP contribution in [0, 0.1) is 0 Å². The van der Waals surface area contributed by atoms with E-state index in [-0.39, 0.29) is 0 Å². The molecule has 0 amide bonds. The maximum absolute atomic E-state index is 6.00. The molecule has 0 saturated carbocycles. The number of benzene rings is 6. The first kappa shape index (κ1) is 21.8. The van der Waals surface area contributed by atoms with Crippen LogP contribution in [-0.4, -0.2) is 4.57 Å². The Morgan fingerprint density at radius 3 is 1.97 bits per heavy atom. The number of furan rings is 1. The second kappa shape index (κ2) is 8.64. The SMILES string of the molecule is c1ccc(-n2c3ccccc3c3ccc(Nc4ccc(-c5ccc6oc7ccccc7c6c5)cc4)cc32)cc1. The number of hydrogen-bond acceptors (Lipinski definition) is 2. The molecule has 1 N–H and O–H groups in total. The molecule has 0 aliphatic rings. The standard InChI is InChI=1S/C36H24N2O/c1-2-8-28(9-3-1)38-33-12-6-4-10-29(33)30-20-19-27(23-34(30)38)37-26-17-14-24(15-18-26)25-16-21-36-32(22-25)31-11-5-7-13-35(31)39-36/h1-23,37H. The Morgan fingerprint density at radius 1 is 0.436 bits per heavy atom. The summed E-state index contributed by atoms with van der Waals surface area (Å²) in [4.78, 5) is 0. The molecule has 3 nitrogen and oxygen atoms in total. The molecular weight excluding hydrogens is 476 g/mol. The molecule has 3 heteroatoms. The van der Waals surface area contributed by atoms with E-state index in [0.717, 1.165) is 39.0 Å². The molecular formula is C36H24N2O. The molecule has 39 heavy (non-hydrogen) atoms. The van der Waals surface area contributed by atoms with Gasteiger partial charge >= 0.3 is 0 Å². The minimum Gasteiger partial charge on any atom is -0.456 e. The highest BCUT2D eigenvalue weighted by Crippen LogP contribution is 2.35. The third kappa shape index (κ3) is 3.59. The van der Waals surface area contributed by atoms with Gasteiger partial charge in [-0.2, -0.15) is 0 Å². The van der Waals surface area contributed by atoms with E-state index in [1.54, 1.807) is 0 Å². The maximum Gasteiger partial charge on any atom is 0.135 e. The first-order chi connectivity index (χ1) is 19.3. The van der Waals surface area contributed by atoms with Crippen LogP contribution < -0.4 is 5.32 Å². The molecule has 8 rings (SSSR count). The fraction of sp³-hybridized carbons (Fsp3) is 0. The summed E-state index contributed by atoms with van der Waals surface area (Å²) in [6.07, 6.45) is 0. The Bertz CT molecular complexity index is 2130. The summed E-state index contributed by atoms with van der Waals surface area (Å²) in [6.45, 7) is 0. The van der Waals surface area contributed by atoms with Crippen molar-refractivity contribution >= 4 is 55.1 Å². The molecule has 0 radical (unpaired) electrons. The number of nitrogens with one attached hydrogen (secondary N) is 1. The van der Waals surface area contributed by atoms with Crippen LogP contribution in [0.5, 0.6) is 0 Å². The van der Waals surface area contributed by atoms with Crippen LogP contribution in [0.2, 0.25) is 0 Å². The quantitative estimate of drug-likeness (QED) is 0.260. The zero-order valence-electron chi connectivity index (χ0n) is 21.1. The van der Waals surface area contributed by atoms with Crippen molar-refractivity contribution in [2.24, 2.45) is 0 Å². The molecule has 2 aromatic heterocycles. The maximum atomic E-state index is 6.00. The van der Waals surface area contributed by atoms with Gasteiger partial charge in [-0.15, -0.1) is 0 Å². The van der Waals surface area contributed by atoms with Crippen molar-refractivity contribution in [2.75, 3.05) is 5.32 Å².